The van der Waals surface area contributed by atoms with Crippen molar-refractivity contribution in [2.45, 2.75) is 12.6 Å². The zero-order valence-electron chi connectivity index (χ0n) is 10.7. The fourth-order valence-corrected chi connectivity index (χ4v) is 2.40. The van der Waals surface area contributed by atoms with Gasteiger partial charge in [0, 0.05) is 5.02 Å². The molecule has 0 saturated heterocycles. The Morgan fingerprint density at radius 3 is 2.76 bits per heavy atom. The summed E-state index contributed by atoms with van der Waals surface area (Å²) < 4.78 is 1.73. The van der Waals surface area contributed by atoms with Crippen LogP contribution in [-0.4, -0.2) is 24.9 Å². The van der Waals surface area contributed by atoms with E-state index in [2.05, 4.69) is 15.1 Å². The minimum Gasteiger partial charge on any atom is -0.386 e. The van der Waals surface area contributed by atoms with E-state index in [4.69, 9.17) is 23.8 Å². The number of halogens is 1. The lowest BCUT2D eigenvalue weighted by Gasteiger charge is -2.11. The molecule has 3 rings (SSSR count). The monoisotopic (exact) mass is 322 g/mol. The van der Waals surface area contributed by atoms with E-state index >= 15 is 0 Å². The Labute approximate surface area is 129 Å². The Balaban J connectivity index is 1.96. The Bertz CT molecular complexity index is 897. The Morgan fingerprint density at radius 2 is 2.05 bits per heavy atom. The van der Waals surface area contributed by atoms with Gasteiger partial charge in [-0.25, -0.2) is 4.68 Å². The molecule has 108 valence electrons. The summed E-state index contributed by atoms with van der Waals surface area (Å²) in [5.41, 5.74) is 0.893. The third kappa shape index (κ3) is 2.76. The summed E-state index contributed by atoms with van der Waals surface area (Å²) in [6.07, 6.45) is 0.667. The zero-order chi connectivity index (χ0) is 15.0. The first-order valence-electron chi connectivity index (χ1n) is 6.16. The maximum absolute atomic E-state index is 11.7. The summed E-state index contributed by atoms with van der Waals surface area (Å²) in [6.45, 7) is 0.194. The molecule has 0 radical (unpaired) electrons. The third-order valence-electron chi connectivity index (χ3n) is 3.14. The SMILES string of the molecule is O=c1[nH]c(=S)[nH]c2c1cnn2CC(O)c1ccc(Cl)cc1. The molecule has 2 aromatic heterocycles. The number of aliphatic hydroxyl groups excluding tert-OH is 1. The molecule has 0 aliphatic rings. The number of nitrogens with zero attached hydrogens (tertiary/aromatic N) is 2. The van der Waals surface area contributed by atoms with E-state index in [1.807, 2.05) is 0 Å². The van der Waals surface area contributed by atoms with Gasteiger partial charge in [-0.2, -0.15) is 5.10 Å². The van der Waals surface area contributed by atoms with Crippen LogP contribution in [0.4, 0.5) is 0 Å². The van der Waals surface area contributed by atoms with Crippen LogP contribution in [0.2, 0.25) is 5.02 Å². The number of aliphatic hydroxyl groups is 1. The largest absolute Gasteiger partial charge is 0.386 e. The first-order valence-corrected chi connectivity index (χ1v) is 6.95. The van der Waals surface area contributed by atoms with Gasteiger partial charge < -0.3 is 10.1 Å². The topological polar surface area (TPSA) is 86.7 Å². The smallest absolute Gasteiger partial charge is 0.262 e. The molecule has 0 spiro atoms. The summed E-state index contributed by atoms with van der Waals surface area (Å²) in [5, 5.41) is 15.4. The van der Waals surface area contributed by atoms with Crippen LogP contribution in [0, 0.1) is 4.77 Å². The van der Waals surface area contributed by atoms with E-state index in [-0.39, 0.29) is 16.9 Å². The number of hydrogen-bond acceptors (Lipinski definition) is 4. The van der Waals surface area contributed by atoms with Crippen molar-refractivity contribution in [3.05, 3.63) is 56.2 Å². The fraction of sp³-hybridized carbons (Fsp3) is 0.154. The molecule has 0 aliphatic carbocycles. The Hall–Kier alpha value is -1.96. The number of fused-ring (bicyclic) bond motifs is 1. The quantitative estimate of drug-likeness (QED) is 0.645. The summed E-state index contributed by atoms with van der Waals surface area (Å²) in [7, 11) is 0. The van der Waals surface area contributed by atoms with Crippen molar-refractivity contribution in [2.75, 3.05) is 0 Å². The van der Waals surface area contributed by atoms with Crippen LogP contribution in [0.5, 0.6) is 0 Å². The molecular formula is C13H11ClN4O2S. The van der Waals surface area contributed by atoms with Crippen LogP contribution >= 0.6 is 23.8 Å². The molecule has 1 aromatic carbocycles. The van der Waals surface area contributed by atoms with Gasteiger partial charge in [0.25, 0.3) is 5.56 Å². The molecule has 0 amide bonds. The molecule has 1 unspecified atom stereocenters. The second-order valence-electron chi connectivity index (χ2n) is 4.56. The molecule has 0 saturated carbocycles. The molecular weight excluding hydrogens is 312 g/mol. The molecule has 0 fully saturated rings. The van der Waals surface area contributed by atoms with Gasteiger partial charge in [0.15, 0.2) is 4.77 Å². The normalized spacial score (nSPS) is 12.7. The fourth-order valence-electron chi connectivity index (χ4n) is 2.09. The number of rotatable bonds is 3. The van der Waals surface area contributed by atoms with Crippen LogP contribution in [0.1, 0.15) is 11.7 Å². The minimum atomic E-state index is -0.772. The lowest BCUT2D eigenvalue weighted by molar-refractivity contribution is 0.153. The predicted molar refractivity (Wildman–Crippen MR) is 82.0 cm³/mol. The van der Waals surface area contributed by atoms with E-state index in [1.54, 1.807) is 24.3 Å². The van der Waals surface area contributed by atoms with Gasteiger partial charge >= 0.3 is 0 Å². The zero-order valence-corrected chi connectivity index (χ0v) is 12.3. The highest BCUT2D eigenvalue weighted by molar-refractivity contribution is 7.71. The van der Waals surface area contributed by atoms with Crippen molar-refractivity contribution < 1.29 is 5.11 Å². The average Bonchev–Trinajstić information content (AvgIpc) is 2.83. The van der Waals surface area contributed by atoms with E-state index in [1.165, 1.54) is 10.9 Å². The van der Waals surface area contributed by atoms with Gasteiger partial charge in [-0.1, -0.05) is 23.7 Å². The molecule has 21 heavy (non-hydrogen) atoms. The van der Waals surface area contributed by atoms with E-state index in [9.17, 15) is 9.90 Å². The lowest BCUT2D eigenvalue weighted by Crippen LogP contribution is -2.12. The number of aromatic nitrogens is 4. The van der Waals surface area contributed by atoms with Crippen molar-refractivity contribution >= 4 is 34.9 Å². The highest BCUT2D eigenvalue weighted by Gasteiger charge is 2.13. The molecule has 6 nitrogen and oxygen atoms in total. The van der Waals surface area contributed by atoms with Crippen LogP contribution in [0.25, 0.3) is 11.0 Å². The molecule has 1 atom stereocenters. The van der Waals surface area contributed by atoms with Crippen LogP contribution in [-0.2, 0) is 6.54 Å². The van der Waals surface area contributed by atoms with Crippen LogP contribution in [0.15, 0.2) is 35.3 Å². The second kappa shape index (κ2) is 5.44. The van der Waals surface area contributed by atoms with Crippen molar-refractivity contribution in [3.8, 4) is 0 Å². The summed E-state index contributed by atoms with van der Waals surface area (Å²) in [6, 6.07) is 6.90. The number of nitrogens with one attached hydrogen (secondary N) is 2. The molecule has 0 bridgehead atoms. The van der Waals surface area contributed by atoms with Gasteiger partial charge in [0.2, 0.25) is 0 Å². The van der Waals surface area contributed by atoms with Crippen molar-refractivity contribution in [2.24, 2.45) is 0 Å². The second-order valence-corrected chi connectivity index (χ2v) is 5.41. The number of H-pyrrole nitrogens is 2. The minimum absolute atomic E-state index is 0.194. The highest BCUT2D eigenvalue weighted by atomic mass is 35.5. The molecule has 2 heterocycles. The van der Waals surface area contributed by atoms with Crippen LogP contribution in [0.3, 0.4) is 0 Å². The Kier molecular flexibility index (Phi) is 3.62. The van der Waals surface area contributed by atoms with E-state index < -0.39 is 6.10 Å². The number of aromatic amines is 2. The molecule has 8 heteroatoms. The van der Waals surface area contributed by atoms with Gasteiger partial charge in [-0.3, -0.25) is 9.78 Å². The van der Waals surface area contributed by atoms with E-state index in [0.29, 0.717) is 21.6 Å². The summed E-state index contributed by atoms with van der Waals surface area (Å²) >= 11 is 10.8. The van der Waals surface area contributed by atoms with Crippen LogP contribution < -0.4 is 5.56 Å². The molecule has 3 N–H and O–H groups in total. The summed E-state index contributed by atoms with van der Waals surface area (Å²) in [4.78, 5) is 17.1. The maximum Gasteiger partial charge on any atom is 0.262 e. The summed E-state index contributed by atoms with van der Waals surface area (Å²) in [5.74, 6) is 0. The number of hydrogen-bond donors (Lipinski definition) is 3. The highest BCUT2D eigenvalue weighted by Crippen LogP contribution is 2.19. The number of benzene rings is 1. The van der Waals surface area contributed by atoms with E-state index in [0.717, 1.165) is 0 Å². The van der Waals surface area contributed by atoms with Crippen molar-refractivity contribution in [1.29, 1.82) is 0 Å². The third-order valence-corrected chi connectivity index (χ3v) is 3.60. The average molecular weight is 323 g/mol. The standard InChI is InChI=1S/C13H11ClN4O2S/c14-8-3-1-7(2-4-8)10(19)6-18-11-9(5-15-18)12(20)17-13(21)16-11/h1-5,10,19H,6H2,(H2,16,17,20,21). The van der Waals surface area contributed by atoms with Crippen molar-refractivity contribution in [3.63, 3.8) is 0 Å². The Morgan fingerprint density at radius 1 is 1.33 bits per heavy atom. The van der Waals surface area contributed by atoms with Gasteiger partial charge in [-0.05, 0) is 29.9 Å². The molecule has 3 aromatic rings. The first-order chi connectivity index (χ1) is 10.0. The van der Waals surface area contributed by atoms with Crippen molar-refractivity contribution in [1.82, 2.24) is 19.7 Å². The predicted octanol–water partition coefficient (Wildman–Crippen LogP) is 2.17. The lowest BCUT2D eigenvalue weighted by atomic mass is 10.1. The van der Waals surface area contributed by atoms with Gasteiger partial charge in [-0.15, -0.1) is 0 Å². The van der Waals surface area contributed by atoms with Gasteiger partial charge in [0.1, 0.15) is 11.0 Å². The maximum atomic E-state index is 11.7. The first kappa shape index (κ1) is 14.0. The van der Waals surface area contributed by atoms with Gasteiger partial charge in [0.05, 0.1) is 18.8 Å². The molecule has 0 aliphatic heterocycles.